The Morgan fingerprint density at radius 1 is 1.40 bits per heavy atom. The average molecular weight is 218 g/mol. The van der Waals surface area contributed by atoms with E-state index in [4.69, 9.17) is 5.73 Å². The number of primary amides is 1. The van der Waals surface area contributed by atoms with Crippen LogP contribution in [0.25, 0.3) is 0 Å². The van der Waals surface area contributed by atoms with Crippen LogP contribution in [-0.2, 0) is 6.18 Å². The molecule has 0 aromatic heterocycles. The third-order valence-corrected chi connectivity index (χ3v) is 1.88. The number of nitrogens with one attached hydrogen (secondary N) is 1. The largest absolute Gasteiger partial charge is 0.416 e. The lowest BCUT2D eigenvalue weighted by molar-refractivity contribution is -0.137. The maximum Gasteiger partial charge on any atom is 0.416 e. The van der Waals surface area contributed by atoms with E-state index in [0.717, 1.165) is 18.2 Å². The molecule has 0 aliphatic rings. The topological polar surface area (TPSA) is 55.1 Å². The Morgan fingerprint density at radius 3 is 2.40 bits per heavy atom. The zero-order valence-corrected chi connectivity index (χ0v) is 7.85. The van der Waals surface area contributed by atoms with E-state index >= 15 is 0 Å². The van der Waals surface area contributed by atoms with Crippen molar-refractivity contribution >= 4 is 11.6 Å². The number of hydrogen-bond donors (Lipinski definition) is 2. The van der Waals surface area contributed by atoms with Crippen LogP contribution in [0.2, 0.25) is 0 Å². The fourth-order valence-electron chi connectivity index (χ4n) is 1.14. The molecule has 6 heteroatoms. The summed E-state index contributed by atoms with van der Waals surface area (Å²) in [6.07, 6.45) is -4.43. The first-order valence-electron chi connectivity index (χ1n) is 4.05. The van der Waals surface area contributed by atoms with E-state index in [1.807, 2.05) is 0 Å². The number of amides is 1. The van der Waals surface area contributed by atoms with Crippen molar-refractivity contribution in [2.24, 2.45) is 5.73 Å². The zero-order valence-electron chi connectivity index (χ0n) is 7.85. The minimum atomic E-state index is -4.43. The number of rotatable bonds is 2. The normalized spacial score (nSPS) is 11.2. The summed E-state index contributed by atoms with van der Waals surface area (Å²) >= 11 is 0. The van der Waals surface area contributed by atoms with Crippen molar-refractivity contribution in [3.8, 4) is 0 Å². The standard InChI is InChI=1S/C9H9F3N2O/c1-14-7-4-5(9(10,11)12)2-3-6(7)8(13)15/h2-4,14H,1H3,(H2,13,15). The van der Waals surface area contributed by atoms with Crippen LogP contribution in [0.15, 0.2) is 18.2 Å². The van der Waals surface area contributed by atoms with E-state index in [0.29, 0.717) is 0 Å². The highest BCUT2D eigenvalue weighted by molar-refractivity contribution is 5.98. The fourth-order valence-corrected chi connectivity index (χ4v) is 1.14. The second kappa shape index (κ2) is 3.80. The summed E-state index contributed by atoms with van der Waals surface area (Å²) in [7, 11) is 1.42. The van der Waals surface area contributed by atoms with E-state index in [9.17, 15) is 18.0 Å². The van der Waals surface area contributed by atoms with Gasteiger partial charge in [-0.3, -0.25) is 4.79 Å². The molecule has 0 saturated carbocycles. The van der Waals surface area contributed by atoms with Gasteiger partial charge in [-0.2, -0.15) is 13.2 Å². The minimum absolute atomic E-state index is 0.0329. The Kier molecular flexibility index (Phi) is 2.88. The van der Waals surface area contributed by atoms with Gasteiger partial charge in [-0.25, -0.2) is 0 Å². The summed E-state index contributed by atoms with van der Waals surface area (Å²) in [5.74, 6) is -0.770. The first-order valence-corrected chi connectivity index (χ1v) is 4.05. The SMILES string of the molecule is CNc1cc(C(F)(F)F)ccc1C(N)=O. The van der Waals surface area contributed by atoms with Crippen molar-refractivity contribution in [2.75, 3.05) is 12.4 Å². The van der Waals surface area contributed by atoms with Crippen LogP contribution in [-0.4, -0.2) is 13.0 Å². The van der Waals surface area contributed by atoms with Crippen LogP contribution < -0.4 is 11.1 Å². The molecule has 0 heterocycles. The highest BCUT2D eigenvalue weighted by Crippen LogP contribution is 2.31. The third kappa shape index (κ3) is 2.39. The minimum Gasteiger partial charge on any atom is -0.387 e. The van der Waals surface area contributed by atoms with Gasteiger partial charge < -0.3 is 11.1 Å². The number of anilines is 1. The van der Waals surface area contributed by atoms with Crippen LogP contribution in [0, 0.1) is 0 Å². The molecule has 1 aromatic rings. The first-order chi connectivity index (χ1) is 6.86. The molecule has 3 nitrogen and oxygen atoms in total. The lowest BCUT2D eigenvalue weighted by Crippen LogP contribution is -2.15. The van der Waals surface area contributed by atoms with Gasteiger partial charge in [0.15, 0.2) is 0 Å². The average Bonchev–Trinajstić information content (AvgIpc) is 2.15. The Labute approximate surface area is 84.1 Å². The molecule has 1 rings (SSSR count). The predicted molar refractivity (Wildman–Crippen MR) is 49.5 cm³/mol. The van der Waals surface area contributed by atoms with Gasteiger partial charge in [-0.15, -0.1) is 0 Å². The van der Waals surface area contributed by atoms with Crippen molar-refractivity contribution in [3.05, 3.63) is 29.3 Å². The van der Waals surface area contributed by atoms with E-state index in [1.54, 1.807) is 0 Å². The van der Waals surface area contributed by atoms with Gasteiger partial charge in [0.25, 0.3) is 5.91 Å². The number of alkyl halides is 3. The summed E-state index contributed by atoms with van der Waals surface area (Å²) in [4.78, 5) is 10.8. The molecule has 1 amide bonds. The Morgan fingerprint density at radius 2 is 2.00 bits per heavy atom. The molecule has 0 saturated heterocycles. The lowest BCUT2D eigenvalue weighted by Gasteiger charge is -2.11. The number of carbonyl (C=O) groups is 1. The molecule has 0 fully saturated rings. The molecular weight excluding hydrogens is 209 g/mol. The summed E-state index contributed by atoms with van der Waals surface area (Å²) < 4.78 is 36.9. The molecule has 82 valence electrons. The second-order valence-corrected chi connectivity index (χ2v) is 2.87. The number of nitrogens with two attached hydrogens (primary N) is 1. The molecule has 0 radical (unpaired) electrons. The van der Waals surface area contributed by atoms with Crippen LogP contribution >= 0.6 is 0 Å². The molecular formula is C9H9F3N2O. The number of halogens is 3. The van der Waals surface area contributed by atoms with E-state index in [2.05, 4.69) is 5.32 Å². The predicted octanol–water partition coefficient (Wildman–Crippen LogP) is 1.85. The molecule has 0 bridgehead atoms. The van der Waals surface area contributed by atoms with Crippen LogP contribution in [0.3, 0.4) is 0 Å². The number of hydrogen-bond acceptors (Lipinski definition) is 2. The van der Waals surface area contributed by atoms with E-state index < -0.39 is 17.6 Å². The van der Waals surface area contributed by atoms with Gasteiger partial charge in [0.05, 0.1) is 11.1 Å². The monoisotopic (exact) mass is 218 g/mol. The van der Waals surface area contributed by atoms with Gasteiger partial charge in [0, 0.05) is 12.7 Å². The Bertz CT molecular complexity index is 387. The first kappa shape index (κ1) is 11.4. The van der Waals surface area contributed by atoms with Crippen LogP contribution in [0.1, 0.15) is 15.9 Å². The van der Waals surface area contributed by atoms with Crippen molar-refractivity contribution < 1.29 is 18.0 Å². The second-order valence-electron chi connectivity index (χ2n) is 2.87. The molecule has 0 aliphatic carbocycles. The summed E-state index contributed by atoms with van der Waals surface area (Å²) in [6.45, 7) is 0. The van der Waals surface area contributed by atoms with E-state index in [1.165, 1.54) is 7.05 Å². The highest BCUT2D eigenvalue weighted by atomic mass is 19.4. The quantitative estimate of drug-likeness (QED) is 0.795. The van der Waals surface area contributed by atoms with Gasteiger partial charge in [0.1, 0.15) is 0 Å². The highest BCUT2D eigenvalue weighted by Gasteiger charge is 2.31. The smallest absolute Gasteiger partial charge is 0.387 e. The van der Waals surface area contributed by atoms with Crippen LogP contribution in [0.5, 0.6) is 0 Å². The summed E-state index contributed by atoms with van der Waals surface area (Å²) in [5, 5.41) is 2.49. The van der Waals surface area contributed by atoms with Crippen LogP contribution in [0.4, 0.5) is 18.9 Å². The van der Waals surface area contributed by atoms with Gasteiger partial charge in [-0.1, -0.05) is 0 Å². The molecule has 15 heavy (non-hydrogen) atoms. The number of carbonyl (C=O) groups excluding carboxylic acids is 1. The molecule has 0 aliphatic heterocycles. The summed E-state index contributed by atoms with van der Waals surface area (Å²) in [5.41, 5.74) is 4.27. The lowest BCUT2D eigenvalue weighted by atomic mass is 10.1. The van der Waals surface area contributed by atoms with Gasteiger partial charge >= 0.3 is 6.18 Å². The van der Waals surface area contributed by atoms with Gasteiger partial charge in [-0.05, 0) is 18.2 Å². The van der Waals surface area contributed by atoms with E-state index in [-0.39, 0.29) is 11.3 Å². The molecule has 1 aromatic carbocycles. The molecule has 0 atom stereocenters. The molecule has 0 spiro atoms. The van der Waals surface area contributed by atoms with Crippen molar-refractivity contribution in [2.45, 2.75) is 6.18 Å². The van der Waals surface area contributed by atoms with Gasteiger partial charge in [0.2, 0.25) is 0 Å². The maximum atomic E-state index is 12.3. The molecule has 0 unspecified atom stereocenters. The van der Waals surface area contributed by atoms with Crippen molar-refractivity contribution in [3.63, 3.8) is 0 Å². The maximum absolute atomic E-state index is 12.3. The van der Waals surface area contributed by atoms with Crippen molar-refractivity contribution in [1.82, 2.24) is 0 Å². The summed E-state index contributed by atoms with van der Waals surface area (Å²) in [6, 6.07) is 2.72. The van der Waals surface area contributed by atoms with Crippen molar-refractivity contribution in [1.29, 1.82) is 0 Å². The Balaban J connectivity index is 3.25. The Hall–Kier alpha value is -1.72. The number of benzene rings is 1. The zero-order chi connectivity index (χ0) is 11.6. The third-order valence-electron chi connectivity index (χ3n) is 1.88. The molecule has 3 N–H and O–H groups in total. The fraction of sp³-hybridized carbons (Fsp3) is 0.222.